The third-order valence-electron chi connectivity index (χ3n) is 3.70. The fourth-order valence-corrected chi connectivity index (χ4v) is 1.89. The van der Waals surface area contributed by atoms with Crippen molar-refractivity contribution in [2.75, 3.05) is 0 Å². The normalized spacial score (nSPS) is 10.1. The molecule has 0 aromatic heterocycles. The maximum absolute atomic E-state index is 10.4. The Morgan fingerprint density at radius 2 is 0.732 bits per heavy atom. The molecule has 41 heavy (non-hydrogen) atoms. The number of Topliss-reactive ketones (excluding diaryl/α,β-unsaturated/α-hetero) is 2. The minimum Gasteiger partial charge on any atom is -0.481 e. The van der Waals surface area contributed by atoms with Crippen LogP contribution in [0.15, 0.2) is 0 Å². The largest absolute Gasteiger partial charge is 0.481 e. The number of aliphatic carboxylic acids is 8. The van der Waals surface area contributed by atoms with E-state index in [0.717, 1.165) is 6.92 Å². The van der Waals surface area contributed by atoms with E-state index in [-0.39, 0.29) is 12.3 Å². The molecule has 0 aromatic carbocycles. The number of hydrogen-bond acceptors (Lipinski definition) is 12. The molecule has 0 spiro atoms. The lowest BCUT2D eigenvalue weighted by molar-refractivity contribution is -0.170. The second-order valence-electron chi connectivity index (χ2n) is 8.14. The van der Waals surface area contributed by atoms with Gasteiger partial charge in [0.1, 0.15) is 0 Å². The van der Waals surface area contributed by atoms with E-state index in [1.54, 1.807) is 13.8 Å². The molecule has 0 rings (SSSR count). The van der Waals surface area contributed by atoms with E-state index in [2.05, 4.69) is 0 Å². The van der Waals surface area contributed by atoms with Gasteiger partial charge in [-0.1, -0.05) is 13.8 Å². The molecule has 0 bridgehead atoms. The predicted molar refractivity (Wildman–Crippen MR) is 125 cm³/mol. The van der Waals surface area contributed by atoms with E-state index in [0.29, 0.717) is 0 Å². The molecule has 0 fully saturated rings. The summed E-state index contributed by atoms with van der Waals surface area (Å²) < 4.78 is 0. The lowest BCUT2D eigenvalue weighted by Crippen LogP contribution is -2.42. The van der Waals surface area contributed by atoms with Gasteiger partial charge in [-0.2, -0.15) is 0 Å². The Kier molecular flexibility index (Phi) is 21.0. The first-order valence-corrected chi connectivity index (χ1v) is 10.5. The van der Waals surface area contributed by atoms with Gasteiger partial charge in [0.2, 0.25) is 11.6 Å². The zero-order valence-electron chi connectivity index (χ0n) is 21.7. The van der Waals surface area contributed by atoms with E-state index in [1.165, 1.54) is 0 Å². The number of carboxylic acids is 8. The minimum atomic E-state index is -2.74. The second kappa shape index (κ2) is 20.0. The predicted octanol–water partition coefficient (Wildman–Crippen LogP) is -2.15. The summed E-state index contributed by atoms with van der Waals surface area (Å²) in [7, 11) is 0. The first-order valence-electron chi connectivity index (χ1n) is 10.5. The van der Waals surface area contributed by atoms with E-state index >= 15 is 0 Å². The van der Waals surface area contributed by atoms with Crippen molar-refractivity contribution in [1.82, 2.24) is 0 Å². The van der Waals surface area contributed by atoms with Crippen LogP contribution in [0.2, 0.25) is 0 Å². The van der Waals surface area contributed by atoms with Gasteiger partial charge in [0.15, 0.2) is 11.2 Å². The van der Waals surface area contributed by atoms with Gasteiger partial charge in [-0.05, 0) is 5.92 Å². The van der Waals surface area contributed by atoms with Crippen molar-refractivity contribution in [3.63, 3.8) is 0 Å². The van der Waals surface area contributed by atoms with Crippen LogP contribution in [0.3, 0.4) is 0 Å². The summed E-state index contributed by atoms with van der Waals surface area (Å²) in [5.41, 5.74) is -5.48. The zero-order chi connectivity index (χ0) is 33.9. The first-order chi connectivity index (χ1) is 18.2. The Balaban J connectivity index is -0.000000231. The highest BCUT2D eigenvalue weighted by atomic mass is 16.4. The van der Waals surface area contributed by atoms with Crippen molar-refractivity contribution in [3.8, 4) is 0 Å². The van der Waals surface area contributed by atoms with Crippen LogP contribution in [0, 0.1) is 5.92 Å². The topological polar surface area (TPSA) is 373 Å². The smallest absolute Gasteiger partial charge is 0.372 e. The number of hydrogen-bond donors (Lipinski definition) is 10. The summed E-state index contributed by atoms with van der Waals surface area (Å²) in [6.07, 6.45) is -4.44. The number of carboxylic acid groups (broad SMARTS) is 8. The van der Waals surface area contributed by atoms with E-state index < -0.39 is 96.2 Å². The van der Waals surface area contributed by atoms with E-state index in [4.69, 9.17) is 51.1 Å². The molecular weight excluding hydrogens is 572 g/mol. The van der Waals surface area contributed by atoms with Gasteiger partial charge in [0.05, 0.1) is 25.7 Å². The van der Waals surface area contributed by atoms with E-state index in [1.807, 2.05) is 0 Å². The van der Waals surface area contributed by atoms with Crippen LogP contribution in [0.1, 0.15) is 52.9 Å². The Bertz CT molecular complexity index is 910. The summed E-state index contributed by atoms with van der Waals surface area (Å²) in [5.74, 6) is -14.1. The second-order valence-corrected chi connectivity index (χ2v) is 8.14. The van der Waals surface area contributed by atoms with Crippen molar-refractivity contribution in [3.05, 3.63) is 0 Å². The number of carbonyl (C=O) groups excluding carboxylic acids is 2. The number of rotatable bonds is 14. The maximum atomic E-state index is 10.4. The summed E-state index contributed by atoms with van der Waals surface area (Å²) in [5, 5.41) is 83.3. The highest BCUT2D eigenvalue weighted by molar-refractivity contribution is 6.32. The lowest BCUT2D eigenvalue weighted by Gasteiger charge is -2.18. The fraction of sp³-hybridized carbons (Fsp3) is 0.524. The third-order valence-corrected chi connectivity index (χ3v) is 3.70. The maximum Gasteiger partial charge on any atom is 0.372 e. The fourth-order valence-electron chi connectivity index (χ4n) is 1.89. The van der Waals surface area contributed by atoms with E-state index in [9.17, 15) is 47.9 Å². The minimum absolute atomic E-state index is 0.133. The van der Waals surface area contributed by atoms with Crippen molar-refractivity contribution < 1.29 is 99.0 Å². The monoisotopic (exact) mass is 602 g/mol. The van der Waals surface area contributed by atoms with Crippen molar-refractivity contribution >= 4 is 59.3 Å². The molecule has 10 N–H and O–H groups in total. The van der Waals surface area contributed by atoms with Gasteiger partial charge >= 0.3 is 47.8 Å². The molecule has 0 aliphatic carbocycles. The molecule has 20 nitrogen and oxygen atoms in total. The van der Waals surface area contributed by atoms with Crippen LogP contribution in [-0.2, 0) is 47.9 Å². The molecule has 20 heteroatoms. The van der Waals surface area contributed by atoms with Crippen LogP contribution < -0.4 is 0 Å². The quantitative estimate of drug-likeness (QED) is 0.0946. The van der Waals surface area contributed by atoms with Gasteiger partial charge < -0.3 is 51.1 Å². The SMILES string of the molecule is CC(=O)C(=O)O.CC(C)CC(=O)C(=O)O.O=C(O)CC(O)(CC(=O)O)C(=O)O.O=C(O)CC(O)(CC(=O)O)C(=O)O. The molecule has 0 saturated carbocycles. The molecule has 0 amide bonds. The van der Waals surface area contributed by atoms with Gasteiger partial charge in [0, 0.05) is 13.3 Å². The summed E-state index contributed by atoms with van der Waals surface area (Å²) in [6.45, 7) is 4.62. The van der Waals surface area contributed by atoms with Gasteiger partial charge in [0.25, 0.3) is 0 Å². The zero-order valence-corrected chi connectivity index (χ0v) is 21.7. The van der Waals surface area contributed by atoms with Crippen LogP contribution in [0.5, 0.6) is 0 Å². The summed E-state index contributed by atoms with van der Waals surface area (Å²) in [4.78, 5) is 100. The van der Waals surface area contributed by atoms with Crippen molar-refractivity contribution in [2.45, 2.75) is 64.1 Å². The van der Waals surface area contributed by atoms with Crippen molar-refractivity contribution in [1.29, 1.82) is 0 Å². The Morgan fingerprint density at radius 3 is 0.805 bits per heavy atom. The standard InChI is InChI=1S/2C6H8O7.C6H10O3.C3H4O3/c2*7-3(8)1-6(13,5(11)12)2-4(9)10;1-4(2)3-5(7)6(8)9;1-2(4)3(5)6/h2*13H,1-2H2,(H,7,8)(H,9,10)(H,11,12);4H,3H2,1-2H3,(H,8,9);1H3,(H,5,6). The molecule has 0 saturated heterocycles. The summed E-state index contributed by atoms with van der Waals surface area (Å²) in [6, 6.07) is 0. The van der Waals surface area contributed by atoms with Crippen LogP contribution >= 0.6 is 0 Å². The summed E-state index contributed by atoms with van der Waals surface area (Å²) >= 11 is 0. The van der Waals surface area contributed by atoms with Crippen LogP contribution in [-0.4, -0.2) is 122 Å². The molecule has 0 heterocycles. The van der Waals surface area contributed by atoms with Crippen molar-refractivity contribution in [2.24, 2.45) is 5.92 Å². The van der Waals surface area contributed by atoms with Gasteiger partial charge in [-0.15, -0.1) is 0 Å². The highest BCUT2D eigenvalue weighted by Gasteiger charge is 2.41. The molecule has 0 atom stereocenters. The van der Waals surface area contributed by atoms with Gasteiger partial charge in [-0.3, -0.25) is 28.8 Å². The Labute approximate surface area is 229 Å². The number of aliphatic hydroxyl groups is 2. The van der Waals surface area contributed by atoms with Crippen LogP contribution in [0.25, 0.3) is 0 Å². The third kappa shape index (κ3) is 25.1. The molecule has 234 valence electrons. The molecule has 0 aromatic rings. The first kappa shape index (κ1) is 43.1. The molecule has 0 aliphatic heterocycles. The molecular formula is C21H30O20. The average molecular weight is 602 g/mol. The Morgan fingerprint density at radius 1 is 0.512 bits per heavy atom. The Hall–Kier alpha value is -4.98. The number of carbonyl (C=O) groups is 10. The average Bonchev–Trinajstić information content (AvgIpc) is 2.71. The molecule has 0 radical (unpaired) electrons. The van der Waals surface area contributed by atoms with Gasteiger partial charge in [-0.25, -0.2) is 19.2 Å². The highest BCUT2D eigenvalue weighted by Crippen LogP contribution is 2.16. The molecule has 0 aliphatic rings. The molecule has 0 unspecified atom stereocenters. The number of ketones is 2. The van der Waals surface area contributed by atoms with Crippen LogP contribution in [0.4, 0.5) is 0 Å². The lowest BCUT2D eigenvalue weighted by atomic mass is 9.96.